The number of hydrogen-bond donors (Lipinski definition) is 2. The summed E-state index contributed by atoms with van der Waals surface area (Å²) in [6.45, 7) is 0. The van der Waals surface area contributed by atoms with Crippen LogP contribution in [0, 0.1) is 10.1 Å². The summed E-state index contributed by atoms with van der Waals surface area (Å²) in [7, 11) is 0.834. The molecule has 14 heteroatoms. The number of nitro groups is 1. The third-order valence-electron chi connectivity index (χ3n) is 4.11. The van der Waals surface area contributed by atoms with Crippen LogP contribution in [0.1, 0.15) is 5.56 Å². The summed E-state index contributed by atoms with van der Waals surface area (Å²) in [6.07, 6.45) is 1.40. The lowest BCUT2D eigenvalue weighted by Crippen LogP contribution is -2.08. The van der Waals surface area contributed by atoms with Crippen molar-refractivity contribution in [3.05, 3.63) is 58.1 Å². The summed E-state index contributed by atoms with van der Waals surface area (Å²) in [6, 6.07) is 11.5. The average Bonchev–Trinajstić information content (AvgIpc) is 2.81. The Labute approximate surface area is 192 Å². The van der Waals surface area contributed by atoms with Crippen molar-refractivity contribution >= 4 is 44.9 Å². The quantitative estimate of drug-likeness (QED) is 0.136. The SMILES string of the molecule is COc1ccc(/C=N\N(C)P(S)Oc2ccc(NCP(=O)(OC)OC)c([N+](=O)[O-])c2)cc1. The molecule has 0 bridgehead atoms. The summed E-state index contributed by atoms with van der Waals surface area (Å²) in [5.74, 6) is 0.971. The Bertz CT molecular complexity index is 986. The summed E-state index contributed by atoms with van der Waals surface area (Å²) in [5, 5.41) is 18.5. The summed E-state index contributed by atoms with van der Waals surface area (Å²) >= 11 is 4.41. The van der Waals surface area contributed by atoms with Crippen LogP contribution in [0.25, 0.3) is 0 Å². The Balaban J connectivity index is 2.07. The van der Waals surface area contributed by atoms with Crippen molar-refractivity contribution in [2.45, 2.75) is 0 Å². The van der Waals surface area contributed by atoms with Gasteiger partial charge in [0.05, 0.1) is 24.3 Å². The number of methoxy groups -OCH3 is 1. The molecule has 2 rings (SSSR count). The number of nitrogens with one attached hydrogen (secondary N) is 1. The van der Waals surface area contributed by atoms with Gasteiger partial charge in [0.1, 0.15) is 23.5 Å². The van der Waals surface area contributed by atoms with Gasteiger partial charge in [0, 0.05) is 21.3 Å². The van der Waals surface area contributed by atoms with Crippen molar-refractivity contribution in [2.24, 2.45) is 5.10 Å². The van der Waals surface area contributed by atoms with Crippen molar-refractivity contribution in [2.75, 3.05) is 40.0 Å². The molecule has 11 nitrogen and oxygen atoms in total. The van der Waals surface area contributed by atoms with Crippen molar-refractivity contribution in [3.63, 3.8) is 0 Å². The second-order valence-electron chi connectivity index (χ2n) is 6.10. The maximum Gasteiger partial charge on any atom is 0.349 e. The highest BCUT2D eigenvalue weighted by molar-refractivity contribution is 8.42. The van der Waals surface area contributed by atoms with Crippen LogP contribution in [-0.2, 0) is 13.6 Å². The number of ether oxygens (including phenoxy) is 1. The van der Waals surface area contributed by atoms with Crippen LogP contribution >= 0.6 is 27.3 Å². The highest BCUT2D eigenvalue weighted by atomic mass is 32.7. The van der Waals surface area contributed by atoms with E-state index in [-0.39, 0.29) is 23.4 Å². The third kappa shape index (κ3) is 7.36. The topological polar surface area (TPSA) is 125 Å². The molecular weight excluding hydrogens is 478 g/mol. The minimum absolute atomic E-state index is 0.144. The van der Waals surface area contributed by atoms with Gasteiger partial charge >= 0.3 is 7.60 Å². The molecule has 0 aliphatic heterocycles. The van der Waals surface area contributed by atoms with Crippen LogP contribution in [0.4, 0.5) is 11.4 Å². The lowest BCUT2D eigenvalue weighted by atomic mass is 10.2. The monoisotopic (exact) mass is 502 g/mol. The summed E-state index contributed by atoms with van der Waals surface area (Å²) in [4.78, 5) is 10.9. The molecule has 0 aromatic heterocycles. The molecule has 2 aromatic carbocycles. The van der Waals surface area contributed by atoms with Gasteiger partial charge in [-0.2, -0.15) is 5.10 Å². The van der Waals surface area contributed by atoms with Gasteiger partial charge in [-0.15, -0.1) is 0 Å². The van der Waals surface area contributed by atoms with E-state index in [2.05, 4.69) is 22.7 Å². The van der Waals surface area contributed by atoms with E-state index in [0.29, 0.717) is 0 Å². The molecule has 2 aromatic rings. The maximum atomic E-state index is 12.2. The molecular formula is C18H24N4O7P2S. The molecule has 0 spiro atoms. The van der Waals surface area contributed by atoms with E-state index >= 15 is 0 Å². The molecule has 0 heterocycles. The molecule has 0 saturated carbocycles. The number of thiol groups is 1. The van der Waals surface area contributed by atoms with Gasteiger partial charge in [-0.05, 0) is 42.0 Å². The fraction of sp³-hybridized carbons (Fsp3) is 0.278. The second kappa shape index (κ2) is 12.0. The largest absolute Gasteiger partial charge is 0.497 e. The van der Waals surface area contributed by atoms with Crippen molar-refractivity contribution < 1.29 is 27.8 Å². The number of rotatable bonds is 12. The van der Waals surface area contributed by atoms with Crippen LogP contribution in [0.3, 0.4) is 0 Å². The molecule has 0 amide bonds. The Morgan fingerprint density at radius 2 is 1.81 bits per heavy atom. The van der Waals surface area contributed by atoms with Gasteiger partial charge in [0.25, 0.3) is 13.2 Å². The van der Waals surface area contributed by atoms with Crippen LogP contribution in [0.15, 0.2) is 47.6 Å². The molecule has 1 unspecified atom stereocenters. The van der Waals surface area contributed by atoms with E-state index < -0.39 is 20.0 Å². The Morgan fingerprint density at radius 1 is 1.19 bits per heavy atom. The molecule has 32 heavy (non-hydrogen) atoms. The van der Waals surface area contributed by atoms with E-state index in [9.17, 15) is 14.7 Å². The van der Waals surface area contributed by atoms with Gasteiger partial charge in [0.2, 0.25) is 0 Å². The standard InChI is InChI=1S/C18H24N4O7P2S/c1-21(20-12-14-5-7-15(26-2)8-6-14)30(32)29-16-9-10-17(18(11-16)22(23)24)19-13-31(25,27-3)28-4/h5-12,19,32H,13H2,1-4H3/b20-12-. The van der Waals surface area contributed by atoms with E-state index in [4.69, 9.17) is 18.3 Å². The molecule has 0 aliphatic rings. The highest BCUT2D eigenvalue weighted by Crippen LogP contribution is 2.48. The molecule has 0 aliphatic carbocycles. The van der Waals surface area contributed by atoms with Crippen molar-refractivity contribution in [3.8, 4) is 11.5 Å². The first kappa shape index (κ1) is 25.9. The number of anilines is 1. The first-order valence-electron chi connectivity index (χ1n) is 9.03. The molecule has 0 saturated heterocycles. The molecule has 1 N–H and O–H groups in total. The fourth-order valence-electron chi connectivity index (χ4n) is 2.29. The summed E-state index contributed by atoms with van der Waals surface area (Å²) < 4.78 is 34.1. The Kier molecular flexibility index (Phi) is 9.74. The lowest BCUT2D eigenvalue weighted by Gasteiger charge is -2.20. The summed E-state index contributed by atoms with van der Waals surface area (Å²) in [5.41, 5.74) is 0.735. The third-order valence-corrected chi connectivity index (χ3v) is 7.76. The number of benzene rings is 2. The van der Waals surface area contributed by atoms with Crippen LogP contribution in [0.2, 0.25) is 0 Å². The predicted octanol–water partition coefficient (Wildman–Crippen LogP) is 4.96. The Morgan fingerprint density at radius 3 is 2.38 bits per heavy atom. The van der Waals surface area contributed by atoms with Gasteiger partial charge in [-0.3, -0.25) is 14.7 Å². The first-order chi connectivity index (χ1) is 15.2. The molecule has 1 atom stereocenters. The number of nitro benzene ring substituents is 1. The van der Waals surface area contributed by atoms with Crippen LogP contribution < -0.4 is 14.6 Å². The lowest BCUT2D eigenvalue weighted by molar-refractivity contribution is -0.384. The normalized spacial score (nSPS) is 12.4. The number of hydrazone groups is 1. The molecule has 0 fully saturated rings. The highest BCUT2D eigenvalue weighted by Gasteiger charge is 2.24. The fourth-order valence-corrected chi connectivity index (χ4v) is 4.05. The van der Waals surface area contributed by atoms with E-state index in [0.717, 1.165) is 11.3 Å². The van der Waals surface area contributed by atoms with E-state index in [1.807, 2.05) is 24.3 Å². The number of hydrogen-bond acceptors (Lipinski definition) is 11. The zero-order valence-corrected chi connectivity index (χ0v) is 20.6. The van der Waals surface area contributed by atoms with Gasteiger partial charge in [0.15, 0.2) is 0 Å². The minimum Gasteiger partial charge on any atom is -0.497 e. The zero-order valence-electron chi connectivity index (χ0n) is 17.9. The Hall–Kier alpha value is -2.36. The zero-order chi connectivity index (χ0) is 23.7. The number of nitrogens with zero attached hydrogens (tertiary/aromatic N) is 3. The van der Waals surface area contributed by atoms with Gasteiger partial charge in [-0.25, -0.2) is 4.78 Å². The van der Waals surface area contributed by atoms with E-state index in [1.165, 1.54) is 37.2 Å². The van der Waals surface area contributed by atoms with Crippen LogP contribution in [-0.4, -0.2) is 50.6 Å². The minimum atomic E-state index is -3.39. The predicted molar refractivity (Wildman–Crippen MR) is 128 cm³/mol. The van der Waals surface area contributed by atoms with Crippen LogP contribution in [0.5, 0.6) is 11.5 Å². The van der Waals surface area contributed by atoms with Gasteiger partial charge < -0.3 is 23.6 Å². The maximum absolute atomic E-state index is 12.2. The van der Waals surface area contributed by atoms with Gasteiger partial charge in [-0.1, -0.05) is 12.2 Å². The first-order valence-corrected chi connectivity index (χ1v) is 13.1. The molecule has 174 valence electrons. The van der Waals surface area contributed by atoms with Crippen molar-refractivity contribution in [1.29, 1.82) is 0 Å². The van der Waals surface area contributed by atoms with Crippen molar-refractivity contribution in [1.82, 2.24) is 4.78 Å². The molecule has 0 radical (unpaired) electrons. The average molecular weight is 502 g/mol. The second-order valence-corrected chi connectivity index (χ2v) is 10.7. The smallest absolute Gasteiger partial charge is 0.349 e. The van der Waals surface area contributed by atoms with E-state index in [1.54, 1.807) is 20.4 Å².